The molecule has 0 radical (unpaired) electrons. The average Bonchev–Trinajstić information content (AvgIpc) is 3.44. The number of likely N-dealkylation sites (N-methyl/N-ethyl adjacent to an activating group) is 1. The molecule has 1 unspecified atom stereocenters. The van der Waals surface area contributed by atoms with Gasteiger partial charge in [-0.05, 0) is 36.5 Å². The zero-order chi connectivity index (χ0) is 22.6. The zero-order valence-electron chi connectivity index (χ0n) is 17.5. The Labute approximate surface area is 184 Å². The van der Waals surface area contributed by atoms with Crippen LogP contribution in [-0.4, -0.2) is 45.6 Å². The summed E-state index contributed by atoms with van der Waals surface area (Å²) in [5, 5.41) is 14.8. The molecule has 5 N–H and O–H groups in total. The summed E-state index contributed by atoms with van der Waals surface area (Å²) in [6, 6.07) is 10.8. The van der Waals surface area contributed by atoms with Gasteiger partial charge in [-0.2, -0.15) is 0 Å². The van der Waals surface area contributed by atoms with E-state index >= 15 is 0 Å². The standard InChI is InChI=1S/C23H23N5O4/c1-28-8-7-23(31,22(28)30)18-11-17(32-27-18)14-4-2-3-13(9-14)16-10-15(12-5-6-12)19(24)20(26-16)21(25)29/h2-4,9-12,31H,5-8,24H2,1H3,(H2,25,29). The van der Waals surface area contributed by atoms with E-state index in [2.05, 4.69) is 10.1 Å². The summed E-state index contributed by atoms with van der Waals surface area (Å²) in [7, 11) is 1.64. The van der Waals surface area contributed by atoms with Crippen molar-refractivity contribution < 1.29 is 19.2 Å². The van der Waals surface area contributed by atoms with E-state index < -0.39 is 17.4 Å². The highest BCUT2D eigenvalue weighted by atomic mass is 16.5. The molecular formula is C23H23N5O4. The van der Waals surface area contributed by atoms with Crippen LogP contribution in [0.3, 0.4) is 0 Å². The number of likely N-dealkylation sites (tertiary alicyclic amines) is 1. The monoisotopic (exact) mass is 433 g/mol. The average molecular weight is 433 g/mol. The Kier molecular flexibility index (Phi) is 4.52. The Balaban J connectivity index is 1.52. The highest BCUT2D eigenvalue weighted by molar-refractivity contribution is 5.97. The van der Waals surface area contributed by atoms with Gasteiger partial charge in [0, 0.05) is 37.2 Å². The summed E-state index contributed by atoms with van der Waals surface area (Å²) < 4.78 is 5.46. The first-order valence-corrected chi connectivity index (χ1v) is 10.4. The summed E-state index contributed by atoms with van der Waals surface area (Å²) in [4.78, 5) is 30.1. The maximum absolute atomic E-state index is 12.4. The first-order valence-electron chi connectivity index (χ1n) is 10.4. The van der Waals surface area contributed by atoms with Gasteiger partial charge in [0.1, 0.15) is 5.69 Å². The second-order valence-corrected chi connectivity index (χ2v) is 8.49. The molecule has 2 amide bonds. The predicted molar refractivity (Wildman–Crippen MR) is 116 cm³/mol. The lowest BCUT2D eigenvalue weighted by molar-refractivity contribution is -0.143. The van der Waals surface area contributed by atoms with Crippen molar-refractivity contribution in [3.8, 4) is 22.6 Å². The Bertz CT molecular complexity index is 1250. The van der Waals surface area contributed by atoms with Gasteiger partial charge in [-0.15, -0.1) is 0 Å². The quantitative estimate of drug-likeness (QED) is 0.557. The zero-order valence-corrected chi connectivity index (χ0v) is 17.5. The highest BCUT2D eigenvalue weighted by Gasteiger charge is 2.47. The molecule has 1 saturated heterocycles. The van der Waals surface area contributed by atoms with Crippen LogP contribution in [-0.2, 0) is 10.4 Å². The van der Waals surface area contributed by atoms with Crippen LogP contribution in [0.4, 0.5) is 5.69 Å². The van der Waals surface area contributed by atoms with E-state index in [1.165, 1.54) is 4.90 Å². The maximum Gasteiger partial charge on any atom is 0.269 e. The lowest BCUT2D eigenvalue weighted by atomic mass is 9.97. The number of pyridine rings is 1. The van der Waals surface area contributed by atoms with E-state index in [-0.39, 0.29) is 17.8 Å². The number of aromatic nitrogens is 2. The summed E-state index contributed by atoms with van der Waals surface area (Å²) in [6.07, 6.45) is 2.29. The van der Waals surface area contributed by atoms with Crippen LogP contribution in [0.15, 0.2) is 40.9 Å². The number of benzene rings is 1. The number of carbonyl (C=O) groups excluding carboxylic acids is 2. The third-order valence-electron chi connectivity index (χ3n) is 6.23. The van der Waals surface area contributed by atoms with Crippen LogP contribution in [0, 0.1) is 0 Å². The predicted octanol–water partition coefficient (Wildman–Crippen LogP) is 2.01. The Morgan fingerprint density at radius 1 is 1.25 bits per heavy atom. The lowest BCUT2D eigenvalue weighted by Crippen LogP contribution is -2.36. The number of primary amides is 1. The van der Waals surface area contributed by atoms with Gasteiger partial charge in [-0.25, -0.2) is 4.98 Å². The van der Waals surface area contributed by atoms with Gasteiger partial charge >= 0.3 is 0 Å². The van der Waals surface area contributed by atoms with E-state index in [0.717, 1.165) is 24.0 Å². The fourth-order valence-electron chi connectivity index (χ4n) is 4.17. The largest absolute Gasteiger partial charge is 0.397 e. The van der Waals surface area contributed by atoms with Crippen molar-refractivity contribution in [1.29, 1.82) is 0 Å². The number of nitrogen functional groups attached to an aromatic ring is 1. The molecule has 5 rings (SSSR count). The van der Waals surface area contributed by atoms with Gasteiger partial charge in [-0.1, -0.05) is 23.4 Å². The molecule has 32 heavy (non-hydrogen) atoms. The molecule has 3 heterocycles. The van der Waals surface area contributed by atoms with E-state index in [4.69, 9.17) is 16.0 Å². The molecule has 2 fully saturated rings. The summed E-state index contributed by atoms with van der Waals surface area (Å²) in [6.45, 7) is 0.446. The van der Waals surface area contributed by atoms with Crippen LogP contribution in [0.5, 0.6) is 0 Å². The van der Waals surface area contributed by atoms with Crippen LogP contribution < -0.4 is 11.5 Å². The number of amides is 2. The van der Waals surface area contributed by atoms with Gasteiger partial charge in [0.15, 0.2) is 17.1 Å². The van der Waals surface area contributed by atoms with Gasteiger partial charge < -0.3 is 26.0 Å². The van der Waals surface area contributed by atoms with Crippen molar-refractivity contribution in [2.75, 3.05) is 19.3 Å². The van der Waals surface area contributed by atoms with Crippen molar-refractivity contribution in [1.82, 2.24) is 15.0 Å². The maximum atomic E-state index is 12.4. The third kappa shape index (κ3) is 3.21. The Morgan fingerprint density at radius 2 is 2.00 bits per heavy atom. The molecule has 9 heteroatoms. The number of anilines is 1. The minimum Gasteiger partial charge on any atom is -0.397 e. The second-order valence-electron chi connectivity index (χ2n) is 8.49. The van der Waals surface area contributed by atoms with Crippen molar-refractivity contribution >= 4 is 17.5 Å². The molecule has 1 aliphatic heterocycles. The molecule has 3 aromatic rings. The molecule has 2 aliphatic rings. The molecule has 1 aromatic carbocycles. The number of rotatable bonds is 5. The number of aliphatic hydroxyl groups is 1. The highest BCUT2D eigenvalue weighted by Crippen LogP contribution is 2.44. The van der Waals surface area contributed by atoms with Gasteiger partial charge in [-0.3, -0.25) is 9.59 Å². The molecule has 0 spiro atoms. The first-order chi connectivity index (χ1) is 15.3. The fourth-order valence-corrected chi connectivity index (χ4v) is 4.17. The van der Waals surface area contributed by atoms with Crippen molar-refractivity contribution in [2.45, 2.75) is 30.8 Å². The minimum atomic E-state index is -1.68. The third-order valence-corrected chi connectivity index (χ3v) is 6.23. The van der Waals surface area contributed by atoms with Crippen LogP contribution in [0.1, 0.15) is 46.9 Å². The summed E-state index contributed by atoms with van der Waals surface area (Å²) in [5.41, 5.74) is 13.5. The minimum absolute atomic E-state index is 0.0721. The summed E-state index contributed by atoms with van der Waals surface area (Å²) >= 11 is 0. The van der Waals surface area contributed by atoms with Crippen molar-refractivity contribution in [3.05, 3.63) is 53.3 Å². The smallest absolute Gasteiger partial charge is 0.269 e. The molecular weight excluding hydrogens is 410 g/mol. The van der Waals surface area contributed by atoms with Crippen LogP contribution in [0.2, 0.25) is 0 Å². The number of nitrogens with zero attached hydrogens (tertiary/aromatic N) is 3. The molecule has 164 valence electrons. The molecule has 1 aliphatic carbocycles. The van der Waals surface area contributed by atoms with E-state index in [1.807, 2.05) is 30.3 Å². The van der Waals surface area contributed by atoms with Crippen molar-refractivity contribution in [3.63, 3.8) is 0 Å². The van der Waals surface area contributed by atoms with Crippen LogP contribution >= 0.6 is 0 Å². The Hall–Kier alpha value is -3.72. The molecule has 0 bridgehead atoms. The second kappa shape index (κ2) is 7.16. The van der Waals surface area contributed by atoms with Crippen molar-refractivity contribution in [2.24, 2.45) is 5.73 Å². The van der Waals surface area contributed by atoms with Gasteiger partial charge in [0.2, 0.25) is 0 Å². The topological polar surface area (TPSA) is 149 Å². The number of hydrogen-bond donors (Lipinski definition) is 3. The molecule has 1 atom stereocenters. The molecule has 2 aromatic heterocycles. The SMILES string of the molecule is CN1CCC(O)(c2cc(-c3cccc(-c4cc(C5CC5)c(N)c(C(N)=O)n4)c3)on2)C1=O. The Morgan fingerprint density at radius 3 is 2.66 bits per heavy atom. The first kappa shape index (κ1) is 20.2. The summed E-state index contributed by atoms with van der Waals surface area (Å²) in [5.74, 6) is -0.339. The number of nitrogens with two attached hydrogens (primary N) is 2. The number of carbonyl (C=O) groups is 2. The normalized spacial score (nSPS) is 20.7. The van der Waals surface area contributed by atoms with E-state index in [1.54, 1.807) is 13.1 Å². The van der Waals surface area contributed by atoms with E-state index in [0.29, 0.717) is 35.2 Å². The molecule has 1 saturated carbocycles. The van der Waals surface area contributed by atoms with E-state index in [9.17, 15) is 14.7 Å². The van der Waals surface area contributed by atoms with Crippen LogP contribution in [0.25, 0.3) is 22.6 Å². The number of hydrogen-bond acceptors (Lipinski definition) is 7. The van der Waals surface area contributed by atoms with Gasteiger partial charge in [0.05, 0.1) is 11.4 Å². The molecule has 9 nitrogen and oxygen atoms in total. The fraction of sp³-hybridized carbons (Fsp3) is 0.304. The van der Waals surface area contributed by atoms with Gasteiger partial charge in [0.25, 0.3) is 11.8 Å². The lowest BCUT2D eigenvalue weighted by Gasteiger charge is -2.16.